The molecule has 2 atom stereocenters. The Morgan fingerprint density at radius 2 is 1.67 bits per heavy atom. The van der Waals surface area contributed by atoms with Crippen molar-refractivity contribution in [3.8, 4) is 0 Å². The highest BCUT2D eigenvalue weighted by molar-refractivity contribution is 5.75. The Kier molecular flexibility index (Phi) is 5.49. The predicted molar refractivity (Wildman–Crippen MR) is 80.5 cm³/mol. The molecule has 0 aliphatic heterocycles. The molecular weight excluding hydrogens is 266 g/mol. The van der Waals surface area contributed by atoms with Crippen molar-refractivity contribution < 1.29 is 14.6 Å². The number of carbonyl (C=O) groups is 1. The van der Waals surface area contributed by atoms with Gasteiger partial charge in [-0.3, -0.25) is 0 Å². The first-order chi connectivity index (χ1) is 10.2. The number of methoxy groups -OCH3 is 1. The number of ether oxygens (including phenoxy) is 1. The quantitative estimate of drug-likeness (QED) is 0.798. The van der Waals surface area contributed by atoms with Crippen LogP contribution in [0.15, 0.2) is 60.7 Å². The fourth-order valence-electron chi connectivity index (χ4n) is 2.15. The molecule has 4 nitrogen and oxygen atoms in total. The van der Waals surface area contributed by atoms with Crippen molar-refractivity contribution in [3.05, 3.63) is 71.8 Å². The molecule has 2 aromatic rings. The molecule has 2 aromatic carbocycles. The molecule has 0 aromatic heterocycles. The van der Waals surface area contributed by atoms with E-state index in [0.29, 0.717) is 6.54 Å². The minimum absolute atomic E-state index is 0.515. The number of rotatable bonds is 6. The number of carbonyl (C=O) groups excluding carboxylic acids is 1. The average Bonchev–Trinajstić information content (AvgIpc) is 2.56. The molecule has 0 saturated heterocycles. The van der Waals surface area contributed by atoms with Gasteiger partial charge >= 0.3 is 5.97 Å². The molecule has 0 saturated carbocycles. The van der Waals surface area contributed by atoms with Crippen LogP contribution in [0.2, 0.25) is 0 Å². The highest BCUT2D eigenvalue weighted by Crippen LogP contribution is 2.18. The highest BCUT2D eigenvalue weighted by Gasteiger charge is 2.27. The second-order valence-corrected chi connectivity index (χ2v) is 4.72. The van der Waals surface area contributed by atoms with E-state index in [1.165, 1.54) is 7.11 Å². The summed E-state index contributed by atoms with van der Waals surface area (Å²) in [4.78, 5) is 11.6. The van der Waals surface area contributed by atoms with Gasteiger partial charge in [0.05, 0.1) is 13.2 Å². The number of esters is 1. The van der Waals surface area contributed by atoms with E-state index < -0.39 is 18.1 Å². The average molecular weight is 285 g/mol. The number of nitrogens with one attached hydrogen (secondary N) is 1. The third-order valence-corrected chi connectivity index (χ3v) is 3.29. The van der Waals surface area contributed by atoms with Crippen molar-refractivity contribution in [2.45, 2.75) is 18.7 Å². The van der Waals surface area contributed by atoms with Crippen LogP contribution in [0, 0.1) is 0 Å². The van der Waals surface area contributed by atoms with Crippen LogP contribution in [0.3, 0.4) is 0 Å². The number of aliphatic hydroxyl groups is 1. The fraction of sp³-hybridized carbons (Fsp3) is 0.235. The van der Waals surface area contributed by atoms with E-state index in [2.05, 4.69) is 10.1 Å². The Labute approximate surface area is 124 Å². The maximum Gasteiger partial charge on any atom is 0.336 e. The number of aliphatic hydroxyl groups excluding tert-OH is 1. The Bertz CT molecular complexity index is 557. The molecule has 0 unspecified atom stereocenters. The highest BCUT2D eigenvalue weighted by atomic mass is 16.5. The molecule has 0 amide bonds. The fourth-order valence-corrected chi connectivity index (χ4v) is 2.15. The van der Waals surface area contributed by atoms with Gasteiger partial charge in [-0.05, 0) is 11.1 Å². The van der Waals surface area contributed by atoms with E-state index in [9.17, 15) is 9.90 Å². The zero-order valence-electron chi connectivity index (χ0n) is 11.9. The Morgan fingerprint density at radius 1 is 1.10 bits per heavy atom. The molecule has 2 rings (SSSR count). The van der Waals surface area contributed by atoms with Crippen LogP contribution in [0.5, 0.6) is 0 Å². The van der Waals surface area contributed by atoms with Gasteiger partial charge < -0.3 is 15.2 Å². The van der Waals surface area contributed by atoms with Gasteiger partial charge in [-0.15, -0.1) is 0 Å². The molecule has 0 aliphatic carbocycles. The Morgan fingerprint density at radius 3 is 2.24 bits per heavy atom. The number of benzene rings is 2. The molecule has 21 heavy (non-hydrogen) atoms. The summed E-state index contributed by atoms with van der Waals surface area (Å²) in [5.74, 6) is -0.649. The number of hydrogen-bond acceptors (Lipinski definition) is 4. The zero-order valence-corrected chi connectivity index (χ0v) is 11.9. The molecule has 0 aliphatic rings. The van der Waals surface area contributed by atoms with Gasteiger partial charge in [0.1, 0.15) is 0 Å². The zero-order chi connectivity index (χ0) is 15.1. The van der Waals surface area contributed by atoms with E-state index in [1.807, 2.05) is 60.7 Å². The molecule has 0 fully saturated rings. The van der Waals surface area contributed by atoms with Crippen molar-refractivity contribution in [1.82, 2.24) is 5.32 Å². The molecular formula is C17H19NO3. The van der Waals surface area contributed by atoms with Crippen LogP contribution in [0.25, 0.3) is 0 Å². The van der Waals surface area contributed by atoms with Gasteiger partial charge in [-0.25, -0.2) is 4.79 Å². The monoisotopic (exact) mass is 285 g/mol. The third kappa shape index (κ3) is 4.15. The second kappa shape index (κ2) is 7.57. The van der Waals surface area contributed by atoms with Gasteiger partial charge in [0, 0.05) is 6.54 Å². The van der Waals surface area contributed by atoms with Gasteiger partial charge in [-0.1, -0.05) is 60.7 Å². The maximum atomic E-state index is 11.6. The summed E-state index contributed by atoms with van der Waals surface area (Å²) in [6.07, 6.45) is -1.25. The van der Waals surface area contributed by atoms with Crippen molar-refractivity contribution in [1.29, 1.82) is 0 Å². The normalized spacial score (nSPS) is 13.4. The smallest absolute Gasteiger partial charge is 0.336 e. The molecule has 0 bridgehead atoms. The van der Waals surface area contributed by atoms with Crippen LogP contribution in [0.4, 0.5) is 0 Å². The third-order valence-electron chi connectivity index (χ3n) is 3.29. The lowest BCUT2D eigenvalue weighted by Gasteiger charge is -2.23. The minimum atomic E-state index is -1.25. The summed E-state index contributed by atoms with van der Waals surface area (Å²) in [5, 5.41) is 13.4. The van der Waals surface area contributed by atoms with Crippen LogP contribution < -0.4 is 5.32 Å². The van der Waals surface area contributed by atoms with Crippen LogP contribution in [-0.2, 0) is 16.1 Å². The topological polar surface area (TPSA) is 58.6 Å². The first-order valence-electron chi connectivity index (χ1n) is 6.80. The summed E-state index contributed by atoms with van der Waals surface area (Å²) in [6, 6.07) is 18.7. The van der Waals surface area contributed by atoms with Crippen LogP contribution in [0.1, 0.15) is 17.2 Å². The molecule has 4 heteroatoms. The summed E-state index contributed by atoms with van der Waals surface area (Å²) in [6.45, 7) is 0.550. The summed E-state index contributed by atoms with van der Waals surface area (Å²) >= 11 is 0. The summed E-state index contributed by atoms with van der Waals surface area (Å²) < 4.78 is 4.64. The molecule has 0 heterocycles. The standard InChI is InChI=1S/C17H19NO3/c1-21-17(20)16(19)15(14-10-6-3-7-11-14)18-12-13-8-4-2-5-9-13/h2-11,15-16,18-19H,12H2,1H3/t15-,16+/m0/s1. The molecule has 110 valence electrons. The molecule has 0 radical (unpaired) electrons. The Hall–Kier alpha value is -2.17. The first kappa shape index (κ1) is 15.2. The minimum Gasteiger partial charge on any atom is -0.467 e. The number of hydrogen-bond donors (Lipinski definition) is 2. The van der Waals surface area contributed by atoms with E-state index in [0.717, 1.165) is 11.1 Å². The SMILES string of the molecule is COC(=O)[C@H](O)[C@@H](NCc1ccccc1)c1ccccc1. The predicted octanol–water partition coefficient (Wildman–Crippen LogP) is 2.05. The lowest BCUT2D eigenvalue weighted by atomic mass is 10.0. The van der Waals surface area contributed by atoms with Gasteiger partial charge in [0.25, 0.3) is 0 Å². The maximum absolute atomic E-state index is 11.6. The van der Waals surface area contributed by atoms with Crippen molar-refractivity contribution in [2.75, 3.05) is 7.11 Å². The van der Waals surface area contributed by atoms with Gasteiger partial charge in [-0.2, -0.15) is 0 Å². The molecule has 2 N–H and O–H groups in total. The second-order valence-electron chi connectivity index (χ2n) is 4.72. The molecule has 0 spiro atoms. The van der Waals surface area contributed by atoms with Crippen molar-refractivity contribution in [3.63, 3.8) is 0 Å². The van der Waals surface area contributed by atoms with E-state index in [1.54, 1.807) is 0 Å². The van der Waals surface area contributed by atoms with Crippen LogP contribution in [-0.4, -0.2) is 24.3 Å². The van der Waals surface area contributed by atoms with Crippen molar-refractivity contribution in [2.24, 2.45) is 0 Å². The van der Waals surface area contributed by atoms with Crippen LogP contribution >= 0.6 is 0 Å². The lowest BCUT2D eigenvalue weighted by Crippen LogP contribution is -2.37. The van der Waals surface area contributed by atoms with E-state index in [4.69, 9.17) is 0 Å². The first-order valence-corrected chi connectivity index (χ1v) is 6.80. The van der Waals surface area contributed by atoms with Crippen molar-refractivity contribution >= 4 is 5.97 Å². The largest absolute Gasteiger partial charge is 0.467 e. The Balaban J connectivity index is 2.14. The van der Waals surface area contributed by atoms with E-state index in [-0.39, 0.29) is 0 Å². The van der Waals surface area contributed by atoms with Gasteiger partial charge in [0.15, 0.2) is 6.10 Å². The van der Waals surface area contributed by atoms with E-state index >= 15 is 0 Å². The van der Waals surface area contributed by atoms with Gasteiger partial charge in [0.2, 0.25) is 0 Å². The lowest BCUT2D eigenvalue weighted by molar-refractivity contribution is -0.152. The summed E-state index contributed by atoms with van der Waals surface area (Å²) in [7, 11) is 1.27. The summed E-state index contributed by atoms with van der Waals surface area (Å²) in [5.41, 5.74) is 1.92.